The molecule has 1 aromatic heterocycles. The first-order valence-electron chi connectivity index (χ1n) is 8.39. The first kappa shape index (κ1) is 16.4. The summed E-state index contributed by atoms with van der Waals surface area (Å²) in [7, 11) is 1.69. The maximum absolute atomic E-state index is 5.22. The summed E-state index contributed by atoms with van der Waals surface area (Å²) in [6.45, 7) is 8.02. The molecule has 1 N–H and O–H groups in total. The molecule has 128 valence electrons. The maximum Gasteiger partial charge on any atom is 0.224 e. The van der Waals surface area contributed by atoms with Crippen molar-refractivity contribution in [2.24, 2.45) is 0 Å². The molecule has 0 unspecified atom stereocenters. The Morgan fingerprint density at radius 1 is 1.00 bits per heavy atom. The summed E-state index contributed by atoms with van der Waals surface area (Å²) in [5, 5.41) is 3.26. The van der Waals surface area contributed by atoms with Crippen molar-refractivity contribution in [1.82, 2.24) is 9.97 Å². The van der Waals surface area contributed by atoms with E-state index in [9.17, 15) is 0 Å². The van der Waals surface area contributed by atoms with Gasteiger partial charge in [0.1, 0.15) is 11.6 Å². The van der Waals surface area contributed by atoms with E-state index in [0.29, 0.717) is 12.0 Å². The lowest BCUT2D eigenvalue weighted by molar-refractivity contribution is 0.415. The van der Waals surface area contributed by atoms with Crippen LogP contribution in [0.5, 0.6) is 5.75 Å². The van der Waals surface area contributed by atoms with E-state index in [4.69, 9.17) is 4.74 Å². The number of nitrogens with one attached hydrogen (secondary N) is 1. The Morgan fingerprint density at radius 2 is 1.67 bits per heavy atom. The van der Waals surface area contributed by atoms with Crippen LogP contribution >= 0.6 is 0 Å². The van der Waals surface area contributed by atoms with Crippen molar-refractivity contribution in [3.8, 4) is 5.75 Å². The second-order valence-corrected chi connectivity index (χ2v) is 6.21. The van der Waals surface area contributed by atoms with E-state index in [-0.39, 0.29) is 0 Å². The third-order valence-electron chi connectivity index (χ3n) is 4.10. The minimum Gasteiger partial charge on any atom is -0.497 e. The van der Waals surface area contributed by atoms with Gasteiger partial charge in [-0.05, 0) is 44.2 Å². The fourth-order valence-corrected chi connectivity index (χ4v) is 2.84. The van der Waals surface area contributed by atoms with Crippen molar-refractivity contribution in [3.63, 3.8) is 0 Å². The highest BCUT2D eigenvalue weighted by Crippen LogP contribution is 2.22. The van der Waals surface area contributed by atoms with E-state index in [0.717, 1.165) is 37.7 Å². The largest absolute Gasteiger partial charge is 0.497 e. The van der Waals surface area contributed by atoms with Crippen molar-refractivity contribution in [2.75, 3.05) is 48.4 Å². The molecule has 0 atom stereocenters. The second-order valence-electron chi connectivity index (χ2n) is 6.21. The molecule has 0 spiro atoms. The van der Waals surface area contributed by atoms with E-state index in [1.807, 2.05) is 24.4 Å². The van der Waals surface area contributed by atoms with Crippen LogP contribution in [0.4, 0.5) is 17.5 Å². The number of methoxy groups -OCH3 is 1. The van der Waals surface area contributed by atoms with Gasteiger partial charge in [0.25, 0.3) is 0 Å². The standard InChI is InChI=1S/C18H25N5O/c1-14(2)20-18-19-9-8-17(21-18)23-12-10-22(11-13-23)15-4-6-16(24-3)7-5-15/h4-9,14H,10-13H2,1-3H3,(H,19,20,21). The monoisotopic (exact) mass is 327 g/mol. The number of hydrogen-bond donors (Lipinski definition) is 1. The molecule has 0 radical (unpaired) electrons. The number of benzene rings is 1. The van der Waals surface area contributed by atoms with E-state index in [2.05, 4.69) is 51.1 Å². The van der Waals surface area contributed by atoms with Crippen molar-refractivity contribution >= 4 is 17.5 Å². The fraction of sp³-hybridized carbons (Fsp3) is 0.444. The zero-order chi connectivity index (χ0) is 16.9. The van der Waals surface area contributed by atoms with Gasteiger partial charge >= 0.3 is 0 Å². The highest BCUT2D eigenvalue weighted by Gasteiger charge is 2.18. The molecular formula is C18H25N5O. The summed E-state index contributed by atoms with van der Waals surface area (Å²) < 4.78 is 5.22. The van der Waals surface area contributed by atoms with Crippen molar-refractivity contribution in [1.29, 1.82) is 0 Å². The third-order valence-corrected chi connectivity index (χ3v) is 4.10. The number of aromatic nitrogens is 2. The smallest absolute Gasteiger partial charge is 0.224 e. The summed E-state index contributed by atoms with van der Waals surface area (Å²) in [5.74, 6) is 2.58. The number of nitrogens with zero attached hydrogens (tertiary/aromatic N) is 4. The molecule has 24 heavy (non-hydrogen) atoms. The molecule has 0 saturated carbocycles. The van der Waals surface area contributed by atoms with Crippen LogP contribution < -0.4 is 19.9 Å². The van der Waals surface area contributed by atoms with E-state index < -0.39 is 0 Å². The number of ether oxygens (including phenoxy) is 1. The van der Waals surface area contributed by atoms with Crippen molar-refractivity contribution in [3.05, 3.63) is 36.5 Å². The lowest BCUT2D eigenvalue weighted by atomic mass is 10.2. The quantitative estimate of drug-likeness (QED) is 0.911. The number of anilines is 3. The number of hydrogen-bond acceptors (Lipinski definition) is 6. The molecule has 1 fully saturated rings. The van der Waals surface area contributed by atoms with Crippen LogP contribution in [0.15, 0.2) is 36.5 Å². The van der Waals surface area contributed by atoms with Crippen LogP contribution in [0.1, 0.15) is 13.8 Å². The summed E-state index contributed by atoms with van der Waals surface area (Å²) in [4.78, 5) is 13.6. The highest BCUT2D eigenvalue weighted by atomic mass is 16.5. The van der Waals surface area contributed by atoms with Gasteiger partial charge < -0.3 is 19.9 Å². The van der Waals surface area contributed by atoms with Gasteiger partial charge in [0.05, 0.1) is 7.11 Å². The third kappa shape index (κ3) is 3.88. The first-order chi connectivity index (χ1) is 11.7. The predicted molar refractivity (Wildman–Crippen MR) is 98.2 cm³/mol. The lowest BCUT2D eigenvalue weighted by Gasteiger charge is -2.36. The molecule has 2 aromatic rings. The lowest BCUT2D eigenvalue weighted by Crippen LogP contribution is -2.46. The highest BCUT2D eigenvalue weighted by molar-refractivity contribution is 5.51. The van der Waals surface area contributed by atoms with Gasteiger partial charge in [-0.2, -0.15) is 4.98 Å². The van der Waals surface area contributed by atoms with E-state index in [1.165, 1.54) is 5.69 Å². The molecule has 1 aliphatic rings. The van der Waals surface area contributed by atoms with Crippen LogP contribution in [0.25, 0.3) is 0 Å². The van der Waals surface area contributed by atoms with Crippen LogP contribution in [0.3, 0.4) is 0 Å². The summed E-state index contributed by atoms with van der Waals surface area (Å²) >= 11 is 0. The van der Waals surface area contributed by atoms with Gasteiger partial charge in [0, 0.05) is 44.1 Å². The Morgan fingerprint density at radius 3 is 2.29 bits per heavy atom. The van der Waals surface area contributed by atoms with Crippen LogP contribution in [0.2, 0.25) is 0 Å². The molecule has 2 heterocycles. The summed E-state index contributed by atoms with van der Waals surface area (Å²) in [5.41, 5.74) is 1.24. The van der Waals surface area contributed by atoms with Gasteiger partial charge in [-0.3, -0.25) is 0 Å². The van der Waals surface area contributed by atoms with Crippen LogP contribution in [-0.2, 0) is 0 Å². The Kier molecular flexibility index (Phi) is 5.03. The van der Waals surface area contributed by atoms with Crippen molar-refractivity contribution in [2.45, 2.75) is 19.9 Å². The average molecular weight is 327 g/mol. The van der Waals surface area contributed by atoms with Crippen LogP contribution in [0, 0.1) is 0 Å². The van der Waals surface area contributed by atoms with E-state index in [1.54, 1.807) is 7.11 Å². The SMILES string of the molecule is COc1ccc(N2CCN(c3ccnc(NC(C)C)n3)CC2)cc1. The Labute approximate surface area is 143 Å². The molecule has 0 aliphatic carbocycles. The predicted octanol–water partition coefficient (Wildman–Crippen LogP) is 2.63. The van der Waals surface area contributed by atoms with Gasteiger partial charge in [-0.25, -0.2) is 4.98 Å². The zero-order valence-electron chi connectivity index (χ0n) is 14.6. The van der Waals surface area contributed by atoms with Crippen LogP contribution in [-0.4, -0.2) is 49.3 Å². The second kappa shape index (κ2) is 7.38. The molecule has 1 aromatic carbocycles. The minimum atomic E-state index is 0.326. The molecule has 6 heteroatoms. The topological polar surface area (TPSA) is 53.5 Å². The molecule has 0 bridgehead atoms. The van der Waals surface area contributed by atoms with Gasteiger partial charge in [0.15, 0.2) is 0 Å². The van der Waals surface area contributed by atoms with Gasteiger partial charge in [-0.1, -0.05) is 0 Å². The molecule has 3 rings (SSSR count). The fourth-order valence-electron chi connectivity index (χ4n) is 2.84. The first-order valence-corrected chi connectivity index (χ1v) is 8.39. The normalized spacial score (nSPS) is 14.8. The van der Waals surface area contributed by atoms with Crippen molar-refractivity contribution < 1.29 is 4.74 Å². The molecule has 1 aliphatic heterocycles. The maximum atomic E-state index is 5.22. The van der Waals surface area contributed by atoms with Gasteiger partial charge in [-0.15, -0.1) is 0 Å². The molecule has 0 amide bonds. The Balaban J connectivity index is 1.62. The molecule has 6 nitrogen and oxygen atoms in total. The Bertz CT molecular complexity index is 651. The summed E-state index contributed by atoms with van der Waals surface area (Å²) in [6.07, 6.45) is 1.82. The minimum absolute atomic E-state index is 0.326. The Hall–Kier alpha value is -2.50. The average Bonchev–Trinajstić information content (AvgIpc) is 2.62. The number of piperazine rings is 1. The van der Waals surface area contributed by atoms with Gasteiger partial charge in [0.2, 0.25) is 5.95 Å². The molecular weight excluding hydrogens is 302 g/mol. The zero-order valence-corrected chi connectivity index (χ0v) is 14.6. The van der Waals surface area contributed by atoms with E-state index >= 15 is 0 Å². The summed E-state index contributed by atoms with van der Waals surface area (Å²) in [6, 6.07) is 10.6. The molecule has 1 saturated heterocycles. The number of rotatable bonds is 5.